The van der Waals surface area contributed by atoms with Crippen LogP contribution in [0.25, 0.3) is 0 Å². The van der Waals surface area contributed by atoms with E-state index in [9.17, 15) is 18.4 Å². The molecule has 0 saturated heterocycles. The number of thioether (sulfide) groups is 1. The van der Waals surface area contributed by atoms with Crippen LogP contribution in [0.15, 0.2) is 82.9 Å². The molecule has 10 heteroatoms. The molecule has 0 aliphatic carbocycles. The summed E-state index contributed by atoms with van der Waals surface area (Å²) in [6, 6.07) is 18.7. The molecule has 0 radical (unpaired) electrons. The number of amidine groups is 1. The maximum absolute atomic E-state index is 13.6. The number of hydrogen-bond donors (Lipinski definition) is 1. The number of carbonyl (C=O) groups is 2. The molecule has 0 spiro atoms. The molecule has 0 aromatic heterocycles. The van der Waals surface area contributed by atoms with Crippen molar-refractivity contribution in [3.63, 3.8) is 0 Å². The molecule has 2 aliphatic rings. The van der Waals surface area contributed by atoms with E-state index in [1.54, 1.807) is 24.3 Å². The molecule has 0 unspecified atom stereocenters. The van der Waals surface area contributed by atoms with Crippen molar-refractivity contribution in [1.82, 2.24) is 5.01 Å². The van der Waals surface area contributed by atoms with Crippen molar-refractivity contribution < 1.29 is 23.1 Å². The molecule has 0 bridgehead atoms. The summed E-state index contributed by atoms with van der Waals surface area (Å²) >= 11 is 1.17. The smallest absolute Gasteiger partial charge is 0.262 e. The van der Waals surface area contributed by atoms with Crippen molar-refractivity contribution in [2.45, 2.75) is 24.1 Å². The van der Waals surface area contributed by atoms with Gasteiger partial charge in [-0.1, -0.05) is 23.9 Å². The van der Waals surface area contributed by atoms with Crippen LogP contribution in [0.1, 0.15) is 30.0 Å². The molecule has 5 rings (SSSR count). The summed E-state index contributed by atoms with van der Waals surface area (Å²) in [4.78, 5) is 29.4. The van der Waals surface area contributed by atoms with Crippen molar-refractivity contribution in [2.75, 3.05) is 12.4 Å². The summed E-state index contributed by atoms with van der Waals surface area (Å²) in [7, 11) is 1.59. The van der Waals surface area contributed by atoms with Gasteiger partial charge in [0.25, 0.3) is 5.91 Å². The average Bonchev–Trinajstić information content (AvgIpc) is 3.50. The van der Waals surface area contributed by atoms with Crippen molar-refractivity contribution in [2.24, 2.45) is 10.1 Å². The van der Waals surface area contributed by atoms with E-state index in [0.29, 0.717) is 17.3 Å². The highest BCUT2D eigenvalue weighted by Crippen LogP contribution is 2.38. The van der Waals surface area contributed by atoms with Gasteiger partial charge in [-0.25, -0.2) is 13.8 Å². The van der Waals surface area contributed by atoms with Gasteiger partial charge in [0.1, 0.15) is 22.6 Å². The van der Waals surface area contributed by atoms with Crippen LogP contribution in [0.4, 0.5) is 14.5 Å². The molecule has 3 aromatic rings. The van der Waals surface area contributed by atoms with Crippen LogP contribution in [-0.4, -0.2) is 40.1 Å². The van der Waals surface area contributed by atoms with Crippen molar-refractivity contribution >= 4 is 40.1 Å². The standard InChI is InChI=1S/C27H22F2N4O3S/c1-36-21-12-4-16(5-13-21)22-14-23(17-2-6-18(28)7-3-17)33(32-22)27-31-26(35)24(37-27)15-25(34)30-20-10-8-19(29)9-11-20/h2-13,23-24H,14-15H2,1H3,(H,30,34)/t23-,24-/m0/s1. The number of rotatable bonds is 6. The molecular formula is C27H22F2N4O3S. The second-order valence-electron chi connectivity index (χ2n) is 8.49. The lowest BCUT2D eigenvalue weighted by molar-refractivity contribution is -0.121. The van der Waals surface area contributed by atoms with Crippen molar-refractivity contribution in [3.8, 4) is 5.75 Å². The Balaban J connectivity index is 1.35. The van der Waals surface area contributed by atoms with Crippen LogP contribution < -0.4 is 10.1 Å². The number of aliphatic imine (C=N–C) groups is 1. The van der Waals surface area contributed by atoms with Crippen LogP contribution in [0.3, 0.4) is 0 Å². The maximum atomic E-state index is 13.6. The number of carbonyl (C=O) groups excluding carboxylic acids is 2. The zero-order valence-electron chi connectivity index (χ0n) is 19.7. The first-order chi connectivity index (χ1) is 17.9. The third-order valence-corrected chi connectivity index (χ3v) is 7.15. The molecule has 1 N–H and O–H groups in total. The quantitative estimate of drug-likeness (QED) is 0.486. The minimum atomic E-state index is -0.718. The van der Waals surface area contributed by atoms with Gasteiger partial charge in [-0.05, 0) is 71.8 Å². The summed E-state index contributed by atoms with van der Waals surface area (Å²) in [5.41, 5.74) is 2.93. The molecule has 2 aliphatic heterocycles. The first kappa shape index (κ1) is 24.6. The van der Waals surface area contributed by atoms with Gasteiger partial charge in [0, 0.05) is 18.5 Å². The Hall–Kier alpha value is -4.05. The third-order valence-electron chi connectivity index (χ3n) is 6.01. The number of methoxy groups -OCH3 is 1. The van der Waals surface area contributed by atoms with Crippen LogP contribution >= 0.6 is 11.8 Å². The van der Waals surface area contributed by atoms with Crippen LogP contribution in [0.5, 0.6) is 5.75 Å². The van der Waals surface area contributed by atoms with Crippen LogP contribution in [-0.2, 0) is 9.59 Å². The lowest BCUT2D eigenvalue weighted by Gasteiger charge is -2.23. The second kappa shape index (κ2) is 10.5. The largest absolute Gasteiger partial charge is 0.497 e. The first-order valence-electron chi connectivity index (χ1n) is 11.5. The van der Waals surface area contributed by atoms with Crippen molar-refractivity contribution in [1.29, 1.82) is 0 Å². The van der Waals surface area contributed by atoms with Gasteiger partial charge in [-0.2, -0.15) is 10.1 Å². The SMILES string of the molecule is COc1ccc(C2=NN(C3=NC(=O)[C@H](CC(=O)Nc4ccc(F)cc4)S3)[C@H](c3ccc(F)cc3)C2)cc1. The van der Waals surface area contributed by atoms with E-state index in [-0.39, 0.29) is 24.2 Å². The Morgan fingerprint density at radius 1 is 1.03 bits per heavy atom. The van der Waals surface area contributed by atoms with Crippen molar-refractivity contribution in [3.05, 3.63) is 95.6 Å². The van der Waals surface area contributed by atoms with Crippen LogP contribution in [0, 0.1) is 11.6 Å². The lowest BCUT2D eigenvalue weighted by Crippen LogP contribution is -2.25. The van der Waals surface area contributed by atoms with E-state index in [4.69, 9.17) is 9.84 Å². The van der Waals surface area contributed by atoms with E-state index >= 15 is 0 Å². The summed E-state index contributed by atoms with van der Waals surface area (Å²) in [5, 5.41) is 8.78. The summed E-state index contributed by atoms with van der Waals surface area (Å²) in [6.07, 6.45) is 0.416. The molecule has 2 atom stereocenters. The molecule has 188 valence electrons. The summed E-state index contributed by atoms with van der Waals surface area (Å²) < 4.78 is 32.0. The number of hydrazone groups is 1. The Kier molecular flexibility index (Phi) is 7.00. The topological polar surface area (TPSA) is 83.4 Å². The fourth-order valence-electron chi connectivity index (χ4n) is 4.11. The Morgan fingerprint density at radius 3 is 2.32 bits per heavy atom. The Morgan fingerprint density at radius 2 is 1.68 bits per heavy atom. The van der Waals surface area contributed by atoms with E-state index in [1.165, 1.54) is 48.2 Å². The number of hydrogen-bond acceptors (Lipinski definition) is 6. The highest BCUT2D eigenvalue weighted by molar-refractivity contribution is 8.15. The molecule has 3 aromatic carbocycles. The predicted molar refractivity (Wildman–Crippen MR) is 139 cm³/mol. The monoisotopic (exact) mass is 520 g/mol. The number of benzene rings is 3. The van der Waals surface area contributed by atoms with E-state index in [0.717, 1.165) is 22.6 Å². The fourth-order valence-corrected chi connectivity index (χ4v) is 5.17. The fraction of sp³-hybridized carbons (Fsp3) is 0.185. The Labute approximate surface area is 216 Å². The minimum absolute atomic E-state index is 0.0992. The minimum Gasteiger partial charge on any atom is -0.497 e. The molecule has 0 fully saturated rings. The molecule has 7 nitrogen and oxygen atoms in total. The second-order valence-corrected chi connectivity index (χ2v) is 9.66. The van der Waals surface area contributed by atoms with Gasteiger partial charge >= 0.3 is 0 Å². The molecule has 0 saturated carbocycles. The van der Waals surface area contributed by atoms with E-state index in [2.05, 4.69) is 10.3 Å². The highest BCUT2D eigenvalue weighted by Gasteiger charge is 2.39. The van der Waals surface area contributed by atoms with Gasteiger partial charge < -0.3 is 10.1 Å². The zero-order chi connectivity index (χ0) is 25.9. The normalized spacial score (nSPS) is 19.0. The lowest BCUT2D eigenvalue weighted by atomic mass is 9.98. The molecule has 2 heterocycles. The number of nitrogens with zero attached hydrogens (tertiary/aromatic N) is 3. The summed E-state index contributed by atoms with van der Waals surface area (Å²) in [6.45, 7) is 0. The van der Waals surface area contributed by atoms with Crippen LogP contribution in [0.2, 0.25) is 0 Å². The zero-order valence-corrected chi connectivity index (χ0v) is 20.5. The van der Waals surface area contributed by atoms with Gasteiger partial charge in [0.2, 0.25) is 5.91 Å². The van der Waals surface area contributed by atoms with E-state index < -0.39 is 17.0 Å². The highest BCUT2D eigenvalue weighted by atomic mass is 32.2. The molecule has 37 heavy (non-hydrogen) atoms. The number of nitrogens with one attached hydrogen (secondary N) is 1. The first-order valence-corrected chi connectivity index (χ1v) is 12.4. The number of ether oxygens (including phenoxy) is 1. The molecule has 2 amide bonds. The summed E-state index contributed by atoms with van der Waals surface area (Å²) in [5.74, 6) is -0.849. The van der Waals surface area contributed by atoms with E-state index in [1.807, 2.05) is 24.3 Å². The number of halogens is 2. The number of amides is 2. The van der Waals surface area contributed by atoms with Gasteiger partial charge in [-0.15, -0.1) is 0 Å². The van der Waals surface area contributed by atoms with Gasteiger partial charge in [-0.3, -0.25) is 9.59 Å². The van der Waals surface area contributed by atoms with Gasteiger partial charge in [0.15, 0.2) is 5.17 Å². The molecular weight excluding hydrogens is 498 g/mol. The van der Waals surface area contributed by atoms with Gasteiger partial charge in [0.05, 0.1) is 18.9 Å². The number of anilines is 1. The predicted octanol–water partition coefficient (Wildman–Crippen LogP) is 5.15. The third kappa shape index (κ3) is 5.54. The Bertz CT molecular complexity index is 1380. The average molecular weight is 521 g/mol. The maximum Gasteiger partial charge on any atom is 0.262 e.